The summed E-state index contributed by atoms with van der Waals surface area (Å²) < 4.78 is 6.98. The number of hydrogen-bond acceptors (Lipinski definition) is 4. The van der Waals surface area contributed by atoms with Crippen LogP contribution in [0.25, 0.3) is 78.1 Å². The van der Waals surface area contributed by atoms with Crippen molar-refractivity contribution in [1.29, 1.82) is 5.26 Å². The van der Waals surface area contributed by atoms with Crippen molar-refractivity contribution in [2.45, 2.75) is 5.41 Å². The standard InChI is InChI=1S/C58H35N3O/c59-36-37-23-25-38(26-24-37)43-29-30-44(46-18-8-7-17-45(43)46)41-27-31-55-51(33-41)58(49-21-11-9-19-47(49)48-20-10-12-22-50(48)58)52-34-42(28-32-56(52)62-55)57-60-53(39-13-3-1-4-14-39)35-54(61-57)40-15-5-2-6-16-40/h1-35H. The Kier molecular flexibility index (Phi) is 8.10. The molecule has 0 N–H and O–H groups in total. The first-order chi connectivity index (χ1) is 30.7. The summed E-state index contributed by atoms with van der Waals surface area (Å²) in [6.07, 6.45) is 0. The predicted molar refractivity (Wildman–Crippen MR) is 249 cm³/mol. The van der Waals surface area contributed by atoms with Crippen molar-refractivity contribution in [3.05, 3.63) is 240 Å². The van der Waals surface area contributed by atoms with E-state index >= 15 is 0 Å². The van der Waals surface area contributed by atoms with Gasteiger partial charge in [0.05, 0.1) is 28.4 Å². The van der Waals surface area contributed by atoms with E-state index in [-0.39, 0.29) is 0 Å². The maximum Gasteiger partial charge on any atom is 0.160 e. The minimum absolute atomic E-state index is 0.647. The molecular weight excluding hydrogens is 755 g/mol. The molecule has 288 valence electrons. The monoisotopic (exact) mass is 789 g/mol. The van der Waals surface area contributed by atoms with Gasteiger partial charge in [0.25, 0.3) is 0 Å². The van der Waals surface area contributed by atoms with E-state index in [9.17, 15) is 5.26 Å². The number of aromatic nitrogens is 2. The van der Waals surface area contributed by atoms with Crippen molar-refractivity contribution >= 4 is 10.8 Å². The molecule has 12 rings (SSSR count). The largest absolute Gasteiger partial charge is 0.457 e. The normalized spacial score (nSPS) is 12.8. The molecule has 1 aliphatic carbocycles. The maximum atomic E-state index is 9.46. The van der Waals surface area contributed by atoms with Crippen molar-refractivity contribution in [2.24, 2.45) is 0 Å². The van der Waals surface area contributed by atoms with Crippen molar-refractivity contribution < 1.29 is 4.74 Å². The van der Waals surface area contributed by atoms with Gasteiger partial charge in [-0.15, -0.1) is 0 Å². The van der Waals surface area contributed by atoms with Gasteiger partial charge < -0.3 is 4.74 Å². The van der Waals surface area contributed by atoms with Crippen LogP contribution in [0, 0.1) is 11.3 Å². The fraction of sp³-hybridized carbons (Fsp3) is 0.0172. The second-order valence-corrected chi connectivity index (χ2v) is 16.0. The van der Waals surface area contributed by atoms with Gasteiger partial charge in [0, 0.05) is 27.8 Å². The molecule has 10 aromatic rings. The van der Waals surface area contributed by atoms with Crippen LogP contribution in [0.2, 0.25) is 0 Å². The zero-order valence-corrected chi connectivity index (χ0v) is 33.5. The summed E-state index contributed by atoms with van der Waals surface area (Å²) in [6.45, 7) is 0. The lowest BCUT2D eigenvalue weighted by molar-refractivity contribution is 0.436. The SMILES string of the molecule is N#Cc1ccc(-c2ccc(-c3ccc4c(c3)C3(c5cc(-c6nc(-c7ccccc7)cc(-c7ccccc7)n6)ccc5O4)c4ccccc4-c4ccccc43)c3ccccc23)cc1. The average molecular weight is 790 g/mol. The Morgan fingerprint density at radius 2 is 0.839 bits per heavy atom. The molecule has 1 aromatic heterocycles. The summed E-state index contributed by atoms with van der Waals surface area (Å²) in [4.78, 5) is 10.5. The zero-order chi connectivity index (χ0) is 41.2. The van der Waals surface area contributed by atoms with E-state index < -0.39 is 5.41 Å². The fourth-order valence-electron chi connectivity index (χ4n) is 9.83. The smallest absolute Gasteiger partial charge is 0.160 e. The van der Waals surface area contributed by atoms with Crippen molar-refractivity contribution in [3.63, 3.8) is 0 Å². The number of rotatable bonds is 5. The molecule has 0 atom stereocenters. The Morgan fingerprint density at radius 1 is 0.371 bits per heavy atom. The topological polar surface area (TPSA) is 58.8 Å². The van der Waals surface area contributed by atoms with Crippen LogP contribution in [0.4, 0.5) is 0 Å². The highest BCUT2D eigenvalue weighted by atomic mass is 16.5. The van der Waals surface area contributed by atoms with Crippen LogP contribution in [0.15, 0.2) is 212 Å². The maximum absolute atomic E-state index is 9.46. The number of nitrogens with zero attached hydrogens (tertiary/aromatic N) is 3. The van der Waals surface area contributed by atoms with E-state index in [4.69, 9.17) is 14.7 Å². The van der Waals surface area contributed by atoms with Crippen LogP contribution in [0.5, 0.6) is 11.5 Å². The van der Waals surface area contributed by atoms with Gasteiger partial charge >= 0.3 is 0 Å². The molecule has 0 radical (unpaired) electrons. The molecule has 4 nitrogen and oxygen atoms in total. The first-order valence-electron chi connectivity index (χ1n) is 20.9. The van der Waals surface area contributed by atoms with E-state index in [1.807, 2.05) is 60.7 Å². The van der Waals surface area contributed by atoms with Crippen LogP contribution in [0.3, 0.4) is 0 Å². The van der Waals surface area contributed by atoms with E-state index in [1.165, 1.54) is 22.3 Å². The summed E-state index contributed by atoms with van der Waals surface area (Å²) in [7, 11) is 0. The number of hydrogen-bond donors (Lipinski definition) is 0. The lowest BCUT2D eigenvalue weighted by Crippen LogP contribution is -2.32. The third-order valence-electron chi connectivity index (χ3n) is 12.6. The van der Waals surface area contributed by atoms with Gasteiger partial charge in [0.1, 0.15) is 11.5 Å². The fourth-order valence-corrected chi connectivity index (χ4v) is 9.83. The third-order valence-corrected chi connectivity index (χ3v) is 12.6. The molecule has 0 saturated carbocycles. The Morgan fingerprint density at radius 3 is 1.40 bits per heavy atom. The van der Waals surface area contributed by atoms with Gasteiger partial charge in [-0.25, -0.2) is 9.97 Å². The molecule has 0 amide bonds. The molecule has 0 fully saturated rings. The first kappa shape index (κ1) is 35.5. The Hall–Kier alpha value is -8.39. The highest BCUT2D eigenvalue weighted by molar-refractivity contribution is 6.05. The lowest BCUT2D eigenvalue weighted by Gasteiger charge is -2.40. The van der Waals surface area contributed by atoms with E-state index in [1.54, 1.807) is 0 Å². The molecule has 2 aliphatic rings. The van der Waals surface area contributed by atoms with Crippen LogP contribution in [0.1, 0.15) is 27.8 Å². The second kappa shape index (κ2) is 14.1. The highest BCUT2D eigenvalue weighted by Crippen LogP contribution is 2.63. The van der Waals surface area contributed by atoms with Crippen molar-refractivity contribution in [2.75, 3.05) is 0 Å². The number of fused-ring (bicyclic) bond motifs is 10. The molecule has 2 heterocycles. The predicted octanol–water partition coefficient (Wildman–Crippen LogP) is 14.3. The molecule has 9 aromatic carbocycles. The summed E-state index contributed by atoms with van der Waals surface area (Å²) in [5, 5.41) is 11.8. The Labute approximate surface area is 359 Å². The summed E-state index contributed by atoms with van der Waals surface area (Å²) >= 11 is 0. The van der Waals surface area contributed by atoms with Crippen LogP contribution in [-0.2, 0) is 5.41 Å². The number of ether oxygens (including phenoxy) is 1. The first-order valence-corrected chi connectivity index (χ1v) is 20.9. The molecule has 0 bridgehead atoms. The van der Waals surface area contributed by atoms with E-state index in [0.29, 0.717) is 11.4 Å². The average Bonchev–Trinajstić information content (AvgIpc) is 3.64. The van der Waals surface area contributed by atoms with Crippen molar-refractivity contribution in [1.82, 2.24) is 9.97 Å². The van der Waals surface area contributed by atoms with Gasteiger partial charge in [-0.3, -0.25) is 0 Å². The Bertz CT molecular complexity index is 3340. The van der Waals surface area contributed by atoms with Crippen LogP contribution < -0.4 is 4.74 Å². The zero-order valence-electron chi connectivity index (χ0n) is 33.5. The van der Waals surface area contributed by atoms with Crippen LogP contribution >= 0.6 is 0 Å². The summed E-state index contributed by atoms with van der Waals surface area (Å²) in [5.41, 5.74) is 16.1. The number of nitriles is 1. The van der Waals surface area contributed by atoms with Gasteiger partial charge in [0.2, 0.25) is 0 Å². The minimum Gasteiger partial charge on any atom is -0.457 e. The number of benzene rings is 9. The minimum atomic E-state index is -0.709. The molecule has 1 aliphatic heterocycles. The lowest BCUT2D eigenvalue weighted by atomic mass is 9.65. The molecule has 4 heteroatoms. The molecule has 0 saturated heterocycles. The Balaban J connectivity index is 1.09. The molecule has 62 heavy (non-hydrogen) atoms. The van der Waals surface area contributed by atoms with E-state index in [2.05, 4.69) is 158 Å². The summed E-state index contributed by atoms with van der Waals surface area (Å²) in [5.74, 6) is 2.28. The van der Waals surface area contributed by atoms with Crippen molar-refractivity contribution in [3.8, 4) is 84.9 Å². The van der Waals surface area contributed by atoms with Gasteiger partial charge in [-0.1, -0.05) is 164 Å². The second-order valence-electron chi connectivity index (χ2n) is 16.0. The quantitative estimate of drug-likeness (QED) is 0.174. The van der Waals surface area contributed by atoms with Gasteiger partial charge in [-0.2, -0.15) is 5.26 Å². The van der Waals surface area contributed by atoms with Crippen LogP contribution in [-0.4, -0.2) is 9.97 Å². The van der Waals surface area contributed by atoms with Gasteiger partial charge in [-0.05, 0) is 104 Å². The third kappa shape index (κ3) is 5.46. The molecule has 1 spiro atoms. The van der Waals surface area contributed by atoms with E-state index in [0.717, 1.165) is 83.7 Å². The van der Waals surface area contributed by atoms with Gasteiger partial charge in [0.15, 0.2) is 5.82 Å². The molecule has 0 unspecified atom stereocenters. The summed E-state index contributed by atoms with van der Waals surface area (Å²) in [6, 6.07) is 76.7. The highest BCUT2D eigenvalue weighted by Gasteiger charge is 2.51. The molecular formula is C58H35N3O.